The standard InChI is InChI=1S/C10H4F3NO3S/c11-10(12,13)9(15)6-4-18-8-5(6)2-1-3-7(8)14(16)17/h1-4H. The maximum atomic E-state index is 12.3. The summed E-state index contributed by atoms with van der Waals surface area (Å²) < 4.78 is 37.0. The van der Waals surface area contributed by atoms with E-state index in [0.717, 1.165) is 16.7 Å². The van der Waals surface area contributed by atoms with E-state index in [1.165, 1.54) is 18.2 Å². The first kappa shape index (κ1) is 12.5. The molecule has 0 amide bonds. The minimum Gasteiger partial charge on any atom is -0.284 e. The number of alkyl halides is 3. The molecule has 4 nitrogen and oxygen atoms in total. The molecule has 0 aliphatic rings. The topological polar surface area (TPSA) is 60.2 Å². The van der Waals surface area contributed by atoms with Gasteiger partial charge in [0.25, 0.3) is 11.5 Å². The van der Waals surface area contributed by atoms with Crippen LogP contribution in [0.15, 0.2) is 23.6 Å². The third kappa shape index (κ3) is 1.94. The molecular formula is C10H4F3NO3S. The Bertz CT molecular complexity index is 647. The highest BCUT2D eigenvalue weighted by atomic mass is 32.1. The number of nitro groups is 1. The second-order valence-electron chi connectivity index (χ2n) is 3.39. The van der Waals surface area contributed by atoms with Crippen molar-refractivity contribution in [2.75, 3.05) is 0 Å². The molecule has 1 heterocycles. The van der Waals surface area contributed by atoms with Crippen molar-refractivity contribution in [3.8, 4) is 0 Å². The van der Waals surface area contributed by atoms with E-state index < -0.39 is 22.4 Å². The number of nitro benzene ring substituents is 1. The molecule has 0 aliphatic carbocycles. The first-order valence-electron chi connectivity index (χ1n) is 4.58. The number of fused-ring (bicyclic) bond motifs is 1. The first-order valence-corrected chi connectivity index (χ1v) is 5.46. The van der Waals surface area contributed by atoms with Crippen LogP contribution in [-0.2, 0) is 0 Å². The number of halogens is 3. The van der Waals surface area contributed by atoms with Crippen LogP contribution in [0.2, 0.25) is 0 Å². The largest absolute Gasteiger partial charge is 0.454 e. The van der Waals surface area contributed by atoms with Crippen LogP contribution in [0.5, 0.6) is 0 Å². The molecule has 94 valence electrons. The summed E-state index contributed by atoms with van der Waals surface area (Å²) >= 11 is 0.751. The lowest BCUT2D eigenvalue weighted by atomic mass is 10.1. The van der Waals surface area contributed by atoms with Crippen molar-refractivity contribution < 1.29 is 22.9 Å². The molecule has 18 heavy (non-hydrogen) atoms. The molecule has 0 atom stereocenters. The van der Waals surface area contributed by atoms with Gasteiger partial charge in [-0.3, -0.25) is 14.9 Å². The summed E-state index contributed by atoms with van der Waals surface area (Å²) in [6.07, 6.45) is -4.99. The van der Waals surface area contributed by atoms with Gasteiger partial charge in [0, 0.05) is 22.4 Å². The summed E-state index contributed by atoms with van der Waals surface area (Å²) in [4.78, 5) is 21.1. The van der Waals surface area contributed by atoms with Crippen LogP contribution in [0.3, 0.4) is 0 Å². The van der Waals surface area contributed by atoms with Gasteiger partial charge in [0.15, 0.2) is 0 Å². The van der Waals surface area contributed by atoms with Crippen molar-refractivity contribution in [2.24, 2.45) is 0 Å². The molecule has 2 aromatic rings. The van der Waals surface area contributed by atoms with E-state index in [1.807, 2.05) is 0 Å². The summed E-state index contributed by atoms with van der Waals surface area (Å²) in [6.45, 7) is 0. The molecule has 0 saturated heterocycles. The number of rotatable bonds is 2. The Labute approximate surface area is 102 Å². The number of nitrogens with zero attached hydrogens (tertiary/aromatic N) is 1. The average Bonchev–Trinajstić information content (AvgIpc) is 2.69. The molecular weight excluding hydrogens is 271 g/mol. The van der Waals surface area contributed by atoms with E-state index >= 15 is 0 Å². The number of benzene rings is 1. The number of thiophene rings is 1. The van der Waals surface area contributed by atoms with Crippen LogP contribution < -0.4 is 0 Å². The number of Topliss-reactive ketones (excluding diaryl/α,β-unsaturated/α-hetero) is 1. The van der Waals surface area contributed by atoms with E-state index in [9.17, 15) is 28.1 Å². The number of carbonyl (C=O) groups is 1. The number of hydrogen-bond donors (Lipinski definition) is 0. The predicted molar refractivity (Wildman–Crippen MR) is 58.9 cm³/mol. The molecule has 2 rings (SSSR count). The Kier molecular flexibility index (Phi) is 2.81. The van der Waals surface area contributed by atoms with Crippen LogP contribution in [0.25, 0.3) is 10.1 Å². The minimum atomic E-state index is -4.99. The molecule has 0 saturated carbocycles. The SMILES string of the molecule is O=C(c1csc2c([N+](=O)[O-])cccc12)C(F)(F)F. The van der Waals surface area contributed by atoms with Gasteiger partial charge >= 0.3 is 6.18 Å². The van der Waals surface area contributed by atoms with Crippen molar-refractivity contribution in [1.29, 1.82) is 0 Å². The van der Waals surface area contributed by atoms with Gasteiger partial charge in [-0.1, -0.05) is 12.1 Å². The van der Waals surface area contributed by atoms with Gasteiger partial charge in [0.2, 0.25) is 0 Å². The van der Waals surface area contributed by atoms with Crippen molar-refractivity contribution >= 4 is 32.9 Å². The second-order valence-corrected chi connectivity index (χ2v) is 4.27. The minimum absolute atomic E-state index is 0.0449. The third-order valence-corrected chi connectivity index (χ3v) is 3.30. The van der Waals surface area contributed by atoms with Crippen molar-refractivity contribution in [3.63, 3.8) is 0 Å². The van der Waals surface area contributed by atoms with Crippen molar-refractivity contribution in [1.82, 2.24) is 0 Å². The van der Waals surface area contributed by atoms with Gasteiger partial charge in [-0.2, -0.15) is 13.2 Å². The lowest BCUT2D eigenvalue weighted by Crippen LogP contribution is -2.22. The summed E-state index contributed by atoms with van der Waals surface area (Å²) in [5, 5.41) is 11.6. The molecule has 0 N–H and O–H groups in total. The molecule has 0 bridgehead atoms. The number of non-ortho nitro benzene ring substituents is 1. The lowest BCUT2D eigenvalue weighted by Gasteiger charge is -2.03. The summed E-state index contributed by atoms with van der Waals surface area (Å²) in [5.41, 5.74) is -0.857. The predicted octanol–water partition coefficient (Wildman–Crippen LogP) is 3.55. The zero-order valence-corrected chi connectivity index (χ0v) is 9.34. The van der Waals surface area contributed by atoms with E-state index in [1.54, 1.807) is 0 Å². The Morgan fingerprint density at radius 2 is 2.00 bits per heavy atom. The maximum Gasteiger partial charge on any atom is 0.454 e. The Morgan fingerprint density at radius 3 is 2.56 bits per heavy atom. The zero-order valence-electron chi connectivity index (χ0n) is 8.52. The summed E-state index contributed by atoms with van der Waals surface area (Å²) in [7, 11) is 0. The summed E-state index contributed by atoms with van der Waals surface area (Å²) in [5.74, 6) is -1.99. The zero-order chi connectivity index (χ0) is 13.5. The van der Waals surface area contributed by atoms with Gasteiger partial charge in [-0.05, 0) is 0 Å². The monoisotopic (exact) mass is 275 g/mol. The lowest BCUT2D eigenvalue weighted by molar-refractivity contribution is -0.382. The van der Waals surface area contributed by atoms with E-state index in [2.05, 4.69) is 0 Å². The van der Waals surface area contributed by atoms with Crippen LogP contribution in [0.1, 0.15) is 10.4 Å². The fourth-order valence-electron chi connectivity index (χ4n) is 1.51. The Hall–Kier alpha value is -1.96. The second kappa shape index (κ2) is 4.05. The van der Waals surface area contributed by atoms with Gasteiger partial charge in [0.05, 0.1) is 4.92 Å². The Morgan fingerprint density at radius 1 is 1.33 bits per heavy atom. The highest BCUT2D eigenvalue weighted by Crippen LogP contribution is 2.36. The van der Waals surface area contributed by atoms with Crippen LogP contribution in [-0.4, -0.2) is 16.9 Å². The molecule has 0 fully saturated rings. The highest BCUT2D eigenvalue weighted by Gasteiger charge is 2.40. The third-order valence-electron chi connectivity index (χ3n) is 2.28. The van der Waals surface area contributed by atoms with E-state index in [-0.39, 0.29) is 15.8 Å². The first-order chi connectivity index (χ1) is 8.32. The van der Waals surface area contributed by atoms with Gasteiger partial charge in [0.1, 0.15) is 4.70 Å². The average molecular weight is 275 g/mol. The quantitative estimate of drug-likeness (QED) is 0.478. The smallest absolute Gasteiger partial charge is 0.284 e. The van der Waals surface area contributed by atoms with Crippen LogP contribution >= 0.6 is 11.3 Å². The summed E-state index contributed by atoms with van der Waals surface area (Å²) in [6, 6.07) is 3.69. The highest BCUT2D eigenvalue weighted by molar-refractivity contribution is 7.18. The Balaban J connectivity index is 2.67. The fraction of sp³-hybridized carbons (Fsp3) is 0.100. The van der Waals surface area contributed by atoms with Crippen molar-refractivity contribution in [2.45, 2.75) is 6.18 Å². The number of carbonyl (C=O) groups excluding carboxylic acids is 1. The maximum absolute atomic E-state index is 12.3. The molecule has 1 aromatic carbocycles. The molecule has 0 spiro atoms. The molecule has 0 radical (unpaired) electrons. The number of hydrogen-bond acceptors (Lipinski definition) is 4. The van der Waals surface area contributed by atoms with Crippen LogP contribution in [0.4, 0.5) is 18.9 Å². The molecule has 8 heteroatoms. The molecule has 1 aromatic heterocycles. The number of ketones is 1. The molecule has 0 unspecified atom stereocenters. The van der Waals surface area contributed by atoms with Gasteiger partial charge < -0.3 is 0 Å². The normalized spacial score (nSPS) is 11.7. The van der Waals surface area contributed by atoms with Gasteiger partial charge in [-0.15, -0.1) is 11.3 Å². The van der Waals surface area contributed by atoms with Gasteiger partial charge in [-0.25, -0.2) is 0 Å². The van der Waals surface area contributed by atoms with Crippen molar-refractivity contribution in [3.05, 3.63) is 39.3 Å². The molecule has 0 aliphatic heterocycles. The fourth-order valence-corrected chi connectivity index (χ4v) is 2.55. The van der Waals surface area contributed by atoms with E-state index in [4.69, 9.17) is 0 Å². The van der Waals surface area contributed by atoms with E-state index in [0.29, 0.717) is 0 Å². The van der Waals surface area contributed by atoms with Crippen LogP contribution in [0, 0.1) is 10.1 Å².